The van der Waals surface area contributed by atoms with Gasteiger partial charge in [0.1, 0.15) is 18.4 Å². The van der Waals surface area contributed by atoms with Crippen molar-refractivity contribution in [3.8, 4) is 0 Å². The molecule has 6 heteroatoms. The largest absolute Gasteiger partial charge is 0.366 e. The molecule has 0 heterocycles. The van der Waals surface area contributed by atoms with Gasteiger partial charge in [0.2, 0.25) is 5.91 Å². The minimum Gasteiger partial charge on any atom is -0.366 e. The molecule has 122 valence electrons. The summed E-state index contributed by atoms with van der Waals surface area (Å²) in [7, 11) is 0. The number of carbonyl (C=O) groups is 3. The van der Waals surface area contributed by atoms with Gasteiger partial charge in [-0.1, -0.05) is 5.57 Å². The molecule has 4 nitrogen and oxygen atoms in total. The Kier molecular flexibility index (Phi) is 5.14. The lowest BCUT2D eigenvalue weighted by atomic mass is 9.82. The highest BCUT2D eigenvalue weighted by Gasteiger charge is 2.34. The summed E-state index contributed by atoms with van der Waals surface area (Å²) in [6, 6.07) is 1.20. The molecule has 0 saturated carbocycles. The smallest absolute Gasteiger partial charge is 0.249 e. The van der Waals surface area contributed by atoms with Crippen molar-refractivity contribution in [2.75, 3.05) is 0 Å². The molecule has 0 spiro atoms. The number of Topliss-reactive ketones (excluding diaryl/α,β-unsaturated/α-hetero) is 1. The van der Waals surface area contributed by atoms with Gasteiger partial charge in [0.15, 0.2) is 0 Å². The maximum atomic E-state index is 14.0. The van der Waals surface area contributed by atoms with Crippen LogP contribution in [0.25, 0.3) is 5.57 Å². The molecule has 1 aromatic carbocycles. The van der Waals surface area contributed by atoms with Crippen LogP contribution in [0.3, 0.4) is 0 Å². The molecule has 0 aliphatic heterocycles. The number of nitrogens with two attached hydrogens (primary N) is 1. The van der Waals surface area contributed by atoms with Gasteiger partial charge in [-0.3, -0.25) is 9.59 Å². The Morgan fingerprint density at radius 1 is 1.39 bits per heavy atom. The molecule has 0 fully saturated rings. The minimum atomic E-state index is -0.611. The summed E-state index contributed by atoms with van der Waals surface area (Å²) in [5, 5.41) is 0. The quantitative estimate of drug-likeness (QED) is 0.854. The van der Waals surface area contributed by atoms with Crippen molar-refractivity contribution in [3.05, 3.63) is 38.6 Å². The van der Waals surface area contributed by atoms with Gasteiger partial charge in [-0.05, 0) is 71.3 Å². The van der Waals surface area contributed by atoms with Crippen molar-refractivity contribution in [2.45, 2.75) is 32.6 Å². The second-order valence-electron chi connectivity index (χ2n) is 5.75. The number of primary amides is 1. The van der Waals surface area contributed by atoms with Gasteiger partial charge in [0.05, 0.1) is 4.47 Å². The number of hydrogen-bond donors (Lipinski definition) is 1. The number of halogens is 2. The van der Waals surface area contributed by atoms with Gasteiger partial charge in [-0.15, -0.1) is 0 Å². The van der Waals surface area contributed by atoms with Crippen LogP contribution in [0.15, 0.2) is 16.1 Å². The van der Waals surface area contributed by atoms with Crippen molar-refractivity contribution in [1.29, 1.82) is 0 Å². The molecule has 3 rings (SSSR count). The monoisotopic (exact) mass is 381 g/mol. The summed E-state index contributed by atoms with van der Waals surface area (Å²) in [6.07, 6.45) is 2.81. The fourth-order valence-electron chi connectivity index (χ4n) is 3.44. The van der Waals surface area contributed by atoms with Gasteiger partial charge < -0.3 is 10.5 Å². The average molecular weight is 382 g/mol. The molecule has 1 amide bonds. The Bertz CT molecular complexity index is 727. The summed E-state index contributed by atoms with van der Waals surface area (Å²) in [4.78, 5) is 31.2. The highest BCUT2D eigenvalue weighted by Crippen LogP contribution is 2.47. The zero-order valence-corrected chi connectivity index (χ0v) is 14.3. The van der Waals surface area contributed by atoms with Gasteiger partial charge in [-0.2, -0.15) is 0 Å². The number of ketones is 1. The Balaban J connectivity index is 0.000000924. The molecule has 2 aliphatic carbocycles. The molecule has 0 saturated heterocycles. The van der Waals surface area contributed by atoms with E-state index in [-0.39, 0.29) is 17.3 Å². The first kappa shape index (κ1) is 17.5. The van der Waals surface area contributed by atoms with Crippen LogP contribution in [0.2, 0.25) is 0 Å². The fourth-order valence-corrected chi connectivity index (χ4v) is 4.03. The predicted molar refractivity (Wildman–Crippen MR) is 88.4 cm³/mol. The molecule has 0 aromatic heterocycles. The summed E-state index contributed by atoms with van der Waals surface area (Å²) in [6.45, 7) is 3.61. The summed E-state index contributed by atoms with van der Waals surface area (Å²) < 4.78 is 14.4. The zero-order valence-electron chi connectivity index (χ0n) is 12.7. The number of fused-ring (bicyclic) bond motifs is 2. The van der Waals surface area contributed by atoms with E-state index >= 15 is 0 Å². The van der Waals surface area contributed by atoms with Crippen molar-refractivity contribution >= 4 is 40.0 Å². The predicted octanol–water partition coefficient (Wildman–Crippen LogP) is 3.20. The highest BCUT2D eigenvalue weighted by molar-refractivity contribution is 9.10. The molecule has 1 unspecified atom stereocenters. The molecular formula is C17H17BrFNO3. The number of carbonyl (C=O) groups excluding carboxylic acids is 3. The van der Waals surface area contributed by atoms with E-state index in [0.717, 1.165) is 35.1 Å². The zero-order chi connectivity index (χ0) is 17.3. The Hall–Kier alpha value is -1.82. The van der Waals surface area contributed by atoms with E-state index in [1.54, 1.807) is 6.92 Å². The van der Waals surface area contributed by atoms with E-state index in [0.29, 0.717) is 17.3 Å². The maximum Gasteiger partial charge on any atom is 0.249 e. The van der Waals surface area contributed by atoms with E-state index in [9.17, 15) is 14.0 Å². The van der Waals surface area contributed by atoms with Gasteiger partial charge in [-0.25, -0.2) is 4.39 Å². The molecule has 0 radical (unpaired) electrons. The number of benzene rings is 1. The lowest BCUT2D eigenvalue weighted by Crippen LogP contribution is -2.16. The maximum absolute atomic E-state index is 14.0. The van der Waals surface area contributed by atoms with E-state index < -0.39 is 11.7 Å². The third-order valence-electron chi connectivity index (χ3n) is 4.52. The third kappa shape index (κ3) is 3.00. The summed E-state index contributed by atoms with van der Waals surface area (Å²) in [5.41, 5.74) is 9.43. The van der Waals surface area contributed by atoms with E-state index in [4.69, 9.17) is 10.5 Å². The van der Waals surface area contributed by atoms with Gasteiger partial charge in [0.25, 0.3) is 0 Å². The first-order chi connectivity index (χ1) is 10.9. The normalized spacial score (nSPS) is 18.7. The molecule has 1 atom stereocenters. The van der Waals surface area contributed by atoms with Crippen molar-refractivity contribution in [1.82, 2.24) is 0 Å². The van der Waals surface area contributed by atoms with Crippen LogP contribution in [-0.4, -0.2) is 18.5 Å². The molecule has 2 aliphatic rings. The molecule has 2 N–H and O–H groups in total. The Labute approximate surface area is 142 Å². The molecule has 23 heavy (non-hydrogen) atoms. The average Bonchev–Trinajstić information content (AvgIpc) is 2.91. The second kappa shape index (κ2) is 6.74. The molecular weight excluding hydrogens is 365 g/mol. The number of amides is 1. The van der Waals surface area contributed by atoms with Crippen LogP contribution in [-0.2, 0) is 16.0 Å². The van der Waals surface area contributed by atoms with Crippen LogP contribution < -0.4 is 5.73 Å². The number of rotatable bonds is 2. The second-order valence-corrected chi connectivity index (χ2v) is 6.54. The minimum absolute atomic E-state index is 0.0405. The van der Waals surface area contributed by atoms with E-state index in [1.165, 1.54) is 6.07 Å². The van der Waals surface area contributed by atoms with Gasteiger partial charge >= 0.3 is 0 Å². The van der Waals surface area contributed by atoms with E-state index in [2.05, 4.69) is 15.9 Å². The van der Waals surface area contributed by atoms with Gasteiger partial charge in [0, 0.05) is 11.5 Å². The van der Waals surface area contributed by atoms with Crippen LogP contribution in [0.5, 0.6) is 0 Å². The molecule has 1 aromatic rings. The SMILES string of the molecule is C=O.CC(=O)C1CCC2=C(Cc3c(C(N)=O)cc(F)c(Br)c32)C1. The first-order valence-corrected chi connectivity index (χ1v) is 8.00. The molecule has 0 bridgehead atoms. The van der Waals surface area contributed by atoms with Crippen LogP contribution in [0.1, 0.15) is 47.7 Å². The lowest BCUT2D eigenvalue weighted by Gasteiger charge is -2.22. The Morgan fingerprint density at radius 3 is 2.61 bits per heavy atom. The van der Waals surface area contributed by atoms with Crippen LogP contribution in [0, 0.1) is 11.7 Å². The third-order valence-corrected chi connectivity index (χ3v) is 5.30. The fraction of sp³-hybridized carbons (Fsp3) is 0.353. The Morgan fingerprint density at radius 2 is 2.04 bits per heavy atom. The number of hydrogen-bond acceptors (Lipinski definition) is 3. The topological polar surface area (TPSA) is 77.2 Å². The number of allylic oxidation sites excluding steroid dienone is 2. The van der Waals surface area contributed by atoms with Crippen LogP contribution >= 0.6 is 15.9 Å². The first-order valence-electron chi connectivity index (χ1n) is 7.21. The standard InChI is InChI=1S/C16H15BrFNO2.CH2O/c1-7(20)8-2-3-10-9(4-8)5-11-12(16(19)21)6-13(18)15(17)14(10)11;1-2/h6,8H,2-5H2,1H3,(H2,19,21);1H2. The van der Waals surface area contributed by atoms with Crippen LogP contribution in [0.4, 0.5) is 4.39 Å². The highest BCUT2D eigenvalue weighted by atomic mass is 79.9. The van der Waals surface area contributed by atoms with E-state index in [1.807, 2.05) is 6.79 Å². The van der Waals surface area contributed by atoms with Crippen molar-refractivity contribution in [2.24, 2.45) is 11.7 Å². The van der Waals surface area contributed by atoms with Crippen molar-refractivity contribution in [3.63, 3.8) is 0 Å². The summed E-state index contributed by atoms with van der Waals surface area (Å²) >= 11 is 3.29. The van der Waals surface area contributed by atoms with Crippen molar-refractivity contribution < 1.29 is 18.8 Å². The summed E-state index contributed by atoms with van der Waals surface area (Å²) in [5.74, 6) is -0.845. The lowest BCUT2D eigenvalue weighted by molar-refractivity contribution is -0.121.